The SMILES string of the molecule is CCCCOCCOCC(=O)NCCC[Si](C)(C)O[Si-2]123(O[Si](C)(C)CCCNC(=O)CCCCCN4C(=O)C=CC4=O)n4c5c6ccccc6c4N=C4c6ccccc6C(=[N+]41)N=c1c4ccccc4c(n12)=NC1=[N+]3C(=N5)c2ccccc21. The van der Waals surface area contributed by atoms with Crippen LogP contribution in [0, 0.1) is 0 Å². The molecule has 0 saturated heterocycles. The van der Waals surface area contributed by atoms with Crippen molar-refractivity contribution in [3.05, 3.63) is 142 Å². The number of imide groups is 1. The molecular formula is C60H69N11O8Si3. The van der Waals surface area contributed by atoms with Crippen molar-refractivity contribution in [2.24, 2.45) is 20.0 Å². The topological polar surface area (TPSA) is 198 Å². The van der Waals surface area contributed by atoms with E-state index in [0.29, 0.717) is 136 Å². The maximum absolute atomic E-state index is 13.5. The van der Waals surface area contributed by atoms with Crippen LogP contribution in [-0.4, -0.2) is 139 Å². The molecule has 6 aromatic rings. The van der Waals surface area contributed by atoms with Crippen molar-refractivity contribution in [2.75, 3.05) is 46.1 Å². The summed E-state index contributed by atoms with van der Waals surface area (Å²) >= 11 is 0. The van der Waals surface area contributed by atoms with Crippen LogP contribution in [-0.2, 0) is 36.9 Å². The van der Waals surface area contributed by atoms with Gasteiger partial charge in [0.15, 0.2) is 0 Å². The van der Waals surface area contributed by atoms with Crippen LogP contribution in [0.2, 0.25) is 38.3 Å². The van der Waals surface area contributed by atoms with Gasteiger partial charge in [0.1, 0.15) is 0 Å². The Morgan fingerprint density at radius 2 is 1.04 bits per heavy atom. The fraction of sp³-hybridized carbons (Fsp3) is 0.367. The molecule has 0 bridgehead atoms. The Bertz CT molecular complexity index is 3890. The summed E-state index contributed by atoms with van der Waals surface area (Å²) in [6.45, 7) is 13.8. The van der Waals surface area contributed by atoms with E-state index in [0.717, 1.165) is 56.6 Å². The molecule has 22 heteroatoms. The third-order valence-corrected chi connectivity index (χ3v) is 33.8. The number of ether oxygens (including phenoxy) is 2. The summed E-state index contributed by atoms with van der Waals surface area (Å²) in [5, 5.41) is 9.93. The van der Waals surface area contributed by atoms with Crippen LogP contribution in [0.3, 0.4) is 0 Å². The van der Waals surface area contributed by atoms with Crippen LogP contribution in [0.4, 0.5) is 11.6 Å². The molecule has 19 nitrogen and oxygen atoms in total. The average Bonchev–Trinajstić information content (AvgIpc) is 0.668. The van der Waals surface area contributed by atoms with Gasteiger partial charge in [-0.25, -0.2) is 0 Å². The molecule has 0 saturated carbocycles. The zero-order chi connectivity index (χ0) is 56.7. The molecular weight excluding hydrogens is 1090 g/mol. The van der Waals surface area contributed by atoms with E-state index in [1.807, 2.05) is 0 Å². The van der Waals surface area contributed by atoms with Gasteiger partial charge < -0.3 is 0 Å². The first-order valence-electron chi connectivity index (χ1n) is 29.1. The van der Waals surface area contributed by atoms with E-state index in [2.05, 4.69) is 158 Å². The molecule has 4 aromatic carbocycles. The first kappa shape index (κ1) is 53.8. The van der Waals surface area contributed by atoms with E-state index >= 15 is 0 Å². The fourth-order valence-electron chi connectivity index (χ4n) is 13.9. The molecule has 424 valence electrons. The molecule has 9 heterocycles. The second kappa shape index (κ2) is 19.9. The Labute approximate surface area is 476 Å². The number of benzene rings is 4. The number of hydrogen-bond acceptors (Lipinski definition) is 12. The third kappa shape index (κ3) is 7.78. The van der Waals surface area contributed by atoms with Gasteiger partial charge in [0, 0.05) is 18.8 Å². The second-order valence-electron chi connectivity index (χ2n) is 23.6. The van der Waals surface area contributed by atoms with E-state index in [1.165, 1.54) is 17.1 Å². The van der Waals surface area contributed by atoms with Gasteiger partial charge in [0.05, 0.1) is 0 Å². The number of amides is 4. The fourth-order valence-corrected chi connectivity index (χ4v) is 36.2. The quantitative estimate of drug-likeness (QED) is 0.0326. The van der Waals surface area contributed by atoms with Gasteiger partial charge in [0.25, 0.3) is 11.8 Å². The third-order valence-electron chi connectivity index (χ3n) is 17.1. The molecule has 7 aliphatic rings. The monoisotopic (exact) mass is 1160 g/mol. The van der Waals surface area contributed by atoms with Crippen molar-refractivity contribution in [1.82, 2.24) is 24.0 Å². The number of unbranched alkanes of at least 4 members (excludes halogenated alkanes) is 3. The summed E-state index contributed by atoms with van der Waals surface area (Å²) in [7, 11) is -13.5. The summed E-state index contributed by atoms with van der Waals surface area (Å²) in [5.74, 6) is 3.14. The van der Waals surface area contributed by atoms with Crippen LogP contribution in [0.1, 0.15) is 80.5 Å². The van der Waals surface area contributed by atoms with Gasteiger partial charge in [-0.05, 0) is 6.42 Å². The number of fused-ring (bicyclic) bond motifs is 12. The second-order valence-corrected chi connectivity index (χ2v) is 37.9. The number of aliphatic imine (C=N–C) groups is 2. The van der Waals surface area contributed by atoms with Gasteiger partial charge in [-0.3, -0.25) is 14.5 Å². The predicted molar refractivity (Wildman–Crippen MR) is 320 cm³/mol. The molecule has 13 rings (SSSR count). The molecule has 0 fully saturated rings. The minimum atomic E-state index is -6.94. The Balaban J connectivity index is 0.963. The Hall–Kier alpha value is -7.45. The van der Waals surface area contributed by atoms with Crippen molar-refractivity contribution in [2.45, 2.75) is 96.6 Å². The van der Waals surface area contributed by atoms with Crippen LogP contribution in [0.5, 0.6) is 0 Å². The standard InChI is InChI=1S/C60H69N11O8Si3/c1-6-7-35-76-36-37-77-40-50(73)62-33-20-39-81(4,5)79-82(78-80(2,3)38-19-32-61-49(72)29-9-8-18-34-67-51(74)30-31-52(67)75)68-53-41-21-10-11-22-42(41)54(68)64-56-45-25-14-15-26-46(45)58(70(56)82)66-60-48-28-17-16-27-47(48)59(71(60)82)65-57-44-24-13-12-23-43(44)55(63-53)69(57)82/h10-17,21-28,30-31H,6-9,18-20,29,32-40H2,1-5H3,(H,61,72)(H,62,73). The van der Waals surface area contributed by atoms with Crippen LogP contribution < -0.4 is 21.6 Å². The van der Waals surface area contributed by atoms with E-state index in [4.69, 9.17) is 29.4 Å². The zero-order valence-corrected chi connectivity index (χ0v) is 50.2. The van der Waals surface area contributed by atoms with Gasteiger partial charge >= 0.3 is 414 Å². The zero-order valence-electron chi connectivity index (χ0n) is 47.2. The van der Waals surface area contributed by atoms with E-state index < -0.39 is 24.4 Å². The molecule has 0 aliphatic carbocycles. The molecule has 1 spiro atoms. The van der Waals surface area contributed by atoms with Gasteiger partial charge in [-0.1, -0.05) is 13.3 Å². The molecule has 0 radical (unpaired) electrons. The predicted octanol–water partition coefficient (Wildman–Crippen LogP) is 7.10. The molecule has 0 atom stereocenters. The average molecular weight is 1160 g/mol. The van der Waals surface area contributed by atoms with Crippen LogP contribution in [0.25, 0.3) is 21.5 Å². The summed E-state index contributed by atoms with van der Waals surface area (Å²) in [5.41, 5.74) is 4.90. The number of rotatable bonds is 26. The Morgan fingerprint density at radius 3 is 1.57 bits per heavy atom. The number of nitrogens with one attached hydrogen (secondary N) is 2. The van der Waals surface area contributed by atoms with Crippen molar-refractivity contribution in [3.8, 4) is 0 Å². The van der Waals surface area contributed by atoms with E-state index in [-0.39, 0.29) is 30.2 Å². The van der Waals surface area contributed by atoms with Crippen LogP contribution in [0.15, 0.2) is 129 Å². The van der Waals surface area contributed by atoms with Gasteiger partial charge in [0.2, 0.25) is 0 Å². The summed E-state index contributed by atoms with van der Waals surface area (Å²) in [4.78, 5) is 75.6. The molecule has 7 aliphatic heterocycles. The molecule has 0 unspecified atom stereocenters. The Morgan fingerprint density at radius 1 is 0.549 bits per heavy atom. The van der Waals surface area contributed by atoms with Crippen molar-refractivity contribution >= 4 is 105 Å². The molecule has 82 heavy (non-hydrogen) atoms. The Kier molecular flexibility index (Phi) is 13.1. The minimum absolute atomic E-state index is 0.0531. The number of nitrogens with zero attached hydrogens (tertiary/aromatic N) is 9. The van der Waals surface area contributed by atoms with Crippen LogP contribution >= 0.6 is 0 Å². The van der Waals surface area contributed by atoms with E-state index in [1.54, 1.807) is 0 Å². The summed E-state index contributed by atoms with van der Waals surface area (Å²) in [6.07, 6.45) is 8.14. The number of carbonyl (C=O) groups is 4. The first-order valence-corrected chi connectivity index (χ1v) is 37.9. The number of carbonyl (C=O) groups excluding carboxylic acids is 4. The van der Waals surface area contributed by atoms with Crippen molar-refractivity contribution < 1.29 is 45.4 Å². The first-order chi connectivity index (χ1) is 39.7. The summed E-state index contributed by atoms with van der Waals surface area (Å²) < 4.78 is 39.1. The molecule has 2 N–H and O–H groups in total. The summed E-state index contributed by atoms with van der Waals surface area (Å²) in [6, 6.07) is 34.6. The maximum atomic E-state index is 13.5. The van der Waals surface area contributed by atoms with Crippen molar-refractivity contribution in [3.63, 3.8) is 0 Å². The van der Waals surface area contributed by atoms with E-state index in [9.17, 15) is 27.4 Å². The number of aromatic nitrogens is 2. The molecule has 4 amide bonds. The normalized spacial score (nSPS) is 18.4. The number of hydrogen-bond donors (Lipinski definition) is 2. The van der Waals surface area contributed by atoms with Gasteiger partial charge in [-0.15, -0.1) is 0 Å². The van der Waals surface area contributed by atoms with Gasteiger partial charge in [-0.2, -0.15) is 0 Å². The number of amidine groups is 4. The van der Waals surface area contributed by atoms with Crippen molar-refractivity contribution in [1.29, 1.82) is 0 Å². The molecule has 2 aromatic heterocycles.